The summed E-state index contributed by atoms with van der Waals surface area (Å²) >= 11 is 1.26. The minimum absolute atomic E-state index is 0.173. The van der Waals surface area contributed by atoms with Crippen LogP contribution >= 0.6 is 11.3 Å². The molecule has 0 spiro atoms. The number of amides is 3. The van der Waals surface area contributed by atoms with Gasteiger partial charge in [0.25, 0.3) is 0 Å². The number of rotatable bonds is 31. The van der Waals surface area contributed by atoms with Crippen LogP contribution in [0.2, 0.25) is 0 Å². The first-order valence-corrected chi connectivity index (χ1v) is 24.6. The lowest BCUT2D eigenvalue weighted by atomic mass is 10.0. The molecule has 0 aromatic carbocycles. The Labute approximate surface area is 369 Å². The number of allylic oxidation sites excluding steroid dienone is 8. The molecule has 0 N–H and O–H groups in total. The molecular formula is C51H82N2O6S. The van der Waals surface area contributed by atoms with E-state index in [0.29, 0.717) is 36.4 Å². The molecule has 0 radical (unpaired) electrons. The van der Waals surface area contributed by atoms with E-state index < -0.39 is 17.7 Å². The number of imide groups is 1. The zero-order chi connectivity index (χ0) is 43.9. The van der Waals surface area contributed by atoms with Crippen LogP contribution in [0, 0.1) is 0 Å². The molecule has 1 aliphatic heterocycles. The summed E-state index contributed by atoms with van der Waals surface area (Å²) in [7, 11) is 0. The van der Waals surface area contributed by atoms with E-state index in [4.69, 9.17) is 9.47 Å². The third kappa shape index (κ3) is 22.4. The number of carbonyl (C=O) groups is 4. The molecule has 0 aliphatic carbocycles. The van der Waals surface area contributed by atoms with Gasteiger partial charge in [-0.05, 0) is 117 Å². The lowest BCUT2D eigenvalue weighted by Crippen LogP contribution is -2.39. The predicted octanol–water partition coefficient (Wildman–Crippen LogP) is 14.7. The summed E-state index contributed by atoms with van der Waals surface area (Å²) in [6, 6.07) is 0. The van der Waals surface area contributed by atoms with Crippen LogP contribution in [-0.4, -0.2) is 47.5 Å². The largest absolute Gasteiger partial charge is 0.462 e. The molecule has 8 nitrogen and oxygen atoms in total. The van der Waals surface area contributed by atoms with Crippen molar-refractivity contribution in [2.75, 3.05) is 18.1 Å². The number of thiophene rings is 1. The van der Waals surface area contributed by atoms with Crippen molar-refractivity contribution in [3.05, 3.63) is 64.6 Å². The number of hydrogen-bond donors (Lipinski definition) is 0. The number of esters is 1. The highest BCUT2D eigenvalue weighted by Gasteiger charge is 2.37. The van der Waals surface area contributed by atoms with Gasteiger partial charge in [-0.2, -0.15) is 0 Å². The SMILES string of the molecule is CCCCC/C=C\C/C=C\CCCCCCCC(=O)N(C(=O)CCCCCCC/C=C\C/C=C\CCCCC)c1sc2c(c1C(=O)OCC)CCN(C(=O)OC(C)(C)C)C2. The van der Waals surface area contributed by atoms with Gasteiger partial charge in [-0.1, -0.05) is 127 Å². The Balaban J connectivity index is 2.04. The number of ether oxygens (including phenoxy) is 2. The van der Waals surface area contributed by atoms with E-state index in [0.717, 1.165) is 87.5 Å². The molecule has 1 aliphatic rings. The van der Waals surface area contributed by atoms with Gasteiger partial charge >= 0.3 is 12.1 Å². The van der Waals surface area contributed by atoms with Crippen molar-refractivity contribution < 1.29 is 28.7 Å². The van der Waals surface area contributed by atoms with Crippen molar-refractivity contribution in [3.8, 4) is 0 Å². The van der Waals surface area contributed by atoms with Gasteiger partial charge in [-0.15, -0.1) is 11.3 Å². The highest BCUT2D eigenvalue weighted by Crippen LogP contribution is 2.41. The topological polar surface area (TPSA) is 93.2 Å². The van der Waals surface area contributed by atoms with Crippen LogP contribution in [0.15, 0.2) is 48.6 Å². The van der Waals surface area contributed by atoms with Gasteiger partial charge in [0.05, 0.1) is 18.7 Å². The molecular weight excluding hydrogens is 769 g/mol. The van der Waals surface area contributed by atoms with Gasteiger partial charge in [-0.3, -0.25) is 9.59 Å². The maximum absolute atomic E-state index is 14.1. The fourth-order valence-corrected chi connectivity index (χ4v) is 8.59. The Morgan fingerprint density at radius 3 is 1.53 bits per heavy atom. The molecule has 0 saturated heterocycles. The highest BCUT2D eigenvalue weighted by atomic mass is 32.1. The van der Waals surface area contributed by atoms with E-state index in [9.17, 15) is 19.2 Å². The van der Waals surface area contributed by atoms with Crippen LogP contribution in [0.4, 0.5) is 9.80 Å². The Bertz CT molecular complexity index is 1440. The van der Waals surface area contributed by atoms with Crippen LogP contribution in [0.1, 0.15) is 216 Å². The van der Waals surface area contributed by atoms with Crippen molar-refractivity contribution in [1.82, 2.24) is 4.90 Å². The van der Waals surface area contributed by atoms with Crippen LogP contribution in [-0.2, 0) is 32.0 Å². The summed E-state index contributed by atoms with van der Waals surface area (Å²) < 4.78 is 11.2. The number of nitrogens with zero attached hydrogens (tertiary/aromatic N) is 2. The first kappa shape index (κ1) is 52.7. The molecule has 0 unspecified atom stereocenters. The maximum atomic E-state index is 14.1. The number of unbranched alkanes of at least 4 members (excludes halogenated alkanes) is 16. The lowest BCUT2D eigenvalue weighted by molar-refractivity contribution is -0.126. The van der Waals surface area contributed by atoms with E-state index in [-0.39, 0.29) is 37.8 Å². The van der Waals surface area contributed by atoms with Crippen LogP contribution in [0.5, 0.6) is 0 Å². The summed E-state index contributed by atoms with van der Waals surface area (Å²) in [4.78, 5) is 58.5. The van der Waals surface area contributed by atoms with Gasteiger partial charge in [-0.25, -0.2) is 14.5 Å². The minimum atomic E-state index is -0.646. The molecule has 0 saturated carbocycles. The summed E-state index contributed by atoms with van der Waals surface area (Å²) in [5, 5.41) is 0.338. The zero-order valence-electron chi connectivity index (χ0n) is 38.7. The van der Waals surface area contributed by atoms with Gasteiger partial charge in [0.1, 0.15) is 10.6 Å². The molecule has 2 heterocycles. The quantitative estimate of drug-likeness (QED) is 0.0420. The van der Waals surface area contributed by atoms with Gasteiger partial charge in [0.2, 0.25) is 11.8 Å². The van der Waals surface area contributed by atoms with Crippen molar-refractivity contribution >= 4 is 40.2 Å². The lowest BCUT2D eigenvalue weighted by Gasteiger charge is -2.30. The van der Waals surface area contributed by atoms with Gasteiger partial charge in [0.15, 0.2) is 0 Å². The number of anilines is 1. The summed E-state index contributed by atoms with van der Waals surface area (Å²) in [5.41, 5.74) is 0.406. The number of fused-ring (bicyclic) bond motifs is 1. The van der Waals surface area contributed by atoms with E-state index >= 15 is 0 Å². The van der Waals surface area contributed by atoms with Gasteiger partial charge < -0.3 is 14.4 Å². The second kappa shape index (κ2) is 32.3. The average molecular weight is 851 g/mol. The zero-order valence-corrected chi connectivity index (χ0v) is 39.5. The van der Waals surface area contributed by atoms with Crippen molar-refractivity contribution in [3.63, 3.8) is 0 Å². The third-order valence-electron chi connectivity index (χ3n) is 10.6. The second-order valence-electron chi connectivity index (χ2n) is 17.1. The van der Waals surface area contributed by atoms with Crippen molar-refractivity contribution in [2.45, 2.75) is 214 Å². The fourth-order valence-electron chi connectivity index (χ4n) is 7.21. The van der Waals surface area contributed by atoms with Crippen LogP contribution < -0.4 is 4.90 Å². The van der Waals surface area contributed by atoms with E-state index in [1.807, 2.05) is 20.8 Å². The van der Waals surface area contributed by atoms with E-state index in [1.54, 1.807) is 11.8 Å². The smallest absolute Gasteiger partial charge is 0.410 e. The molecule has 1 aromatic rings. The molecule has 3 amide bonds. The summed E-state index contributed by atoms with van der Waals surface area (Å²) in [5.74, 6) is -1.08. The van der Waals surface area contributed by atoms with Crippen molar-refractivity contribution in [2.24, 2.45) is 0 Å². The summed E-state index contributed by atoms with van der Waals surface area (Å²) in [6.45, 7) is 12.5. The fraction of sp³-hybridized carbons (Fsp3) is 0.686. The number of carbonyl (C=O) groups excluding carboxylic acids is 4. The molecule has 338 valence electrons. The normalized spacial score (nSPS) is 13.3. The molecule has 0 atom stereocenters. The molecule has 60 heavy (non-hydrogen) atoms. The molecule has 0 bridgehead atoms. The third-order valence-corrected chi connectivity index (χ3v) is 11.8. The first-order valence-electron chi connectivity index (χ1n) is 23.8. The first-order chi connectivity index (χ1) is 29.0. The minimum Gasteiger partial charge on any atom is -0.462 e. The van der Waals surface area contributed by atoms with Crippen molar-refractivity contribution in [1.29, 1.82) is 0 Å². The Morgan fingerprint density at radius 1 is 0.633 bits per heavy atom. The van der Waals surface area contributed by atoms with Gasteiger partial charge in [0, 0.05) is 24.3 Å². The standard InChI is InChI=1S/C51H82N2O6S/c1-7-10-12-14-16-18-20-22-24-26-28-30-32-34-36-38-45(54)53(46(55)39-37-35-33-31-29-27-25-23-21-19-17-15-13-11-8-2)48-47(49(56)58-9-3)43-40-41-52(42-44(43)60-48)50(57)59-51(4,5)6/h16-19,22-25H,7-15,20-21,26-42H2,1-6H3/b18-16-,19-17-,24-22-,25-23-. The van der Waals surface area contributed by atoms with Crippen LogP contribution in [0.25, 0.3) is 0 Å². The van der Waals surface area contributed by atoms with E-state index in [2.05, 4.69) is 62.5 Å². The number of hydrogen-bond acceptors (Lipinski definition) is 7. The molecule has 0 fully saturated rings. The average Bonchev–Trinajstić information content (AvgIpc) is 3.58. The molecule has 2 rings (SSSR count). The van der Waals surface area contributed by atoms with Crippen LogP contribution in [0.3, 0.4) is 0 Å². The van der Waals surface area contributed by atoms with E-state index in [1.165, 1.54) is 67.6 Å². The maximum Gasteiger partial charge on any atom is 0.410 e. The molecule has 1 aromatic heterocycles. The Morgan fingerprint density at radius 2 is 1.08 bits per heavy atom. The highest BCUT2D eigenvalue weighted by molar-refractivity contribution is 7.17. The Hall–Kier alpha value is -3.46. The summed E-state index contributed by atoms with van der Waals surface area (Å²) in [6.07, 6.45) is 42.3. The Kier molecular flexibility index (Phi) is 28.3. The monoisotopic (exact) mass is 851 g/mol. The second-order valence-corrected chi connectivity index (χ2v) is 18.2. The molecule has 9 heteroatoms. The predicted molar refractivity (Wildman–Crippen MR) is 252 cm³/mol.